The summed E-state index contributed by atoms with van der Waals surface area (Å²) in [5, 5.41) is 10.4. The van der Waals surface area contributed by atoms with Crippen LogP contribution in [0.2, 0.25) is 0 Å². The van der Waals surface area contributed by atoms with Gasteiger partial charge >= 0.3 is 0 Å². The molecule has 3 N–H and O–H groups in total. The fraction of sp³-hybridized carbons (Fsp3) is 0.429. The highest BCUT2D eigenvalue weighted by Crippen LogP contribution is 2.27. The lowest BCUT2D eigenvalue weighted by Crippen LogP contribution is -2.46. The van der Waals surface area contributed by atoms with Crippen LogP contribution in [0, 0.1) is 0 Å². The zero-order valence-corrected chi connectivity index (χ0v) is 16.7. The summed E-state index contributed by atoms with van der Waals surface area (Å²) < 4.78 is 0. The van der Waals surface area contributed by atoms with Crippen LogP contribution in [0.15, 0.2) is 60.7 Å². The van der Waals surface area contributed by atoms with Crippen LogP contribution in [-0.4, -0.2) is 41.8 Å². The van der Waals surface area contributed by atoms with E-state index in [9.17, 15) is 5.11 Å². The van der Waals surface area contributed by atoms with E-state index < -0.39 is 6.10 Å². The Hall–Kier alpha value is -1.10. The van der Waals surface area contributed by atoms with E-state index in [1.807, 2.05) is 18.2 Å². The van der Waals surface area contributed by atoms with Crippen molar-refractivity contribution in [1.82, 2.24) is 4.90 Å². The number of aliphatic hydroxyl groups is 1. The Morgan fingerprint density at radius 1 is 0.923 bits per heavy atom. The largest absolute Gasteiger partial charge is 0.390 e. The Labute approximate surface area is 169 Å². The zero-order valence-electron chi connectivity index (χ0n) is 15.0. The Bertz CT molecular complexity index is 604. The molecule has 3 nitrogen and oxygen atoms in total. The predicted octanol–water partition coefficient (Wildman–Crippen LogP) is 3.64. The SMILES string of the molecule is Cl.Cl.N[C@H](Cc1ccccc1)[C@@H](O)CN1CCC(c2ccccc2)CC1. The van der Waals surface area contributed by atoms with Crippen LogP contribution in [-0.2, 0) is 6.42 Å². The topological polar surface area (TPSA) is 49.5 Å². The first-order chi connectivity index (χ1) is 11.7. The molecule has 5 heteroatoms. The van der Waals surface area contributed by atoms with E-state index in [-0.39, 0.29) is 30.9 Å². The van der Waals surface area contributed by atoms with Crippen molar-refractivity contribution in [1.29, 1.82) is 0 Å². The van der Waals surface area contributed by atoms with Gasteiger partial charge < -0.3 is 15.7 Å². The van der Waals surface area contributed by atoms with Crippen molar-refractivity contribution in [3.05, 3.63) is 71.8 Å². The molecule has 0 saturated carbocycles. The number of hydrogen-bond acceptors (Lipinski definition) is 3. The van der Waals surface area contributed by atoms with E-state index in [4.69, 9.17) is 5.73 Å². The lowest BCUT2D eigenvalue weighted by Gasteiger charge is -2.34. The van der Waals surface area contributed by atoms with Crippen molar-refractivity contribution in [2.45, 2.75) is 37.3 Å². The maximum absolute atomic E-state index is 10.4. The Balaban J connectivity index is 0.00000169. The number of aliphatic hydroxyl groups excluding tert-OH is 1. The van der Waals surface area contributed by atoms with Crippen molar-refractivity contribution in [2.75, 3.05) is 19.6 Å². The number of rotatable bonds is 6. The summed E-state index contributed by atoms with van der Waals surface area (Å²) in [4.78, 5) is 2.36. The predicted molar refractivity (Wildman–Crippen MR) is 113 cm³/mol. The first kappa shape index (κ1) is 22.9. The maximum Gasteiger partial charge on any atom is 0.0820 e. The van der Waals surface area contributed by atoms with Crippen molar-refractivity contribution in [3.8, 4) is 0 Å². The van der Waals surface area contributed by atoms with Crippen LogP contribution in [0.5, 0.6) is 0 Å². The number of nitrogens with zero attached hydrogens (tertiary/aromatic N) is 1. The van der Waals surface area contributed by atoms with Crippen molar-refractivity contribution in [3.63, 3.8) is 0 Å². The van der Waals surface area contributed by atoms with Crippen LogP contribution in [0.4, 0.5) is 0 Å². The van der Waals surface area contributed by atoms with Crippen molar-refractivity contribution >= 4 is 24.8 Å². The van der Waals surface area contributed by atoms with Crippen LogP contribution < -0.4 is 5.73 Å². The quantitative estimate of drug-likeness (QED) is 0.783. The minimum Gasteiger partial charge on any atom is -0.390 e. The molecule has 1 aliphatic rings. The third-order valence-corrected chi connectivity index (χ3v) is 5.11. The van der Waals surface area contributed by atoms with Gasteiger partial charge in [-0.3, -0.25) is 0 Å². The third-order valence-electron chi connectivity index (χ3n) is 5.11. The second-order valence-electron chi connectivity index (χ2n) is 6.91. The number of likely N-dealkylation sites (tertiary alicyclic amines) is 1. The van der Waals surface area contributed by atoms with Gasteiger partial charge in [-0.05, 0) is 49.4 Å². The molecule has 3 rings (SSSR count). The Kier molecular flexibility index (Phi) is 10.2. The average molecular weight is 397 g/mol. The van der Waals surface area contributed by atoms with Crippen LogP contribution in [0.1, 0.15) is 29.9 Å². The monoisotopic (exact) mass is 396 g/mol. The zero-order chi connectivity index (χ0) is 16.8. The first-order valence-electron chi connectivity index (χ1n) is 8.97. The highest BCUT2D eigenvalue weighted by atomic mass is 35.5. The number of hydrogen-bond donors (Lipinski definition) is 2. The summed E-state index contributed by atoms with van der Waals surface area (Å²) in [6, 6.07) is 20.7. The molecule has 0 spiro atoms. The molecular weight excluding hydrogens is 367 g/mol. The van der Waals surface area contributed by atoms with E-state index in [0.717, 1.165) is 32.4 Å². The van der Waals surface area contributed by atoms with Crippen LogP contribution in [0.3, 0.4) is 0 Å². The summed E-state index contributed by atoms with van der Waals surface area (Å²) in [5.41, 5.74) is 8.84. The lowest BCUT2D eigenvalue weighted by molar-refractivity contribution is 0.0786. The molecule has 0 radical (unpaired) electrons. The van der Waals surface area contributed by atoms with Gasteiger partial charge in [-0.25, -0.2) is 0 Å². The molecule has 144 valence electrons. The number of halogens is 2. The van der Waals surface area contributed by atoms with E-state index in [1.165, 1.54) is 11.1 Å². The van der Waals surface area contributed by atoms with Crippen LogP contribution in [0.25, 0.3) is 0 Å². The molecular formula is C21H30Cl2N2O. The van der Waals surface area contributed by atoms with Gasteiger partial charge in [-0.1, -0.05) is 60.7 Å². The molecule has 2 aromatic carbocycles. The van der Waals surface area contributed by atoms with E-state index in [0.29, 0.717) is 12.5 Å². The fourth-order valence-electron chi connectivity index (χ4n) is 3.60. The Morgan fingerprint density at radius 3 is 2.04 bits per heavy atom. The second kappa shape index (κ2) is 11.6. The molecule has 1 aliphatic heterocycles. The van der Waals surface area contributed by atoms with Gasteiger partial charge in [0.15, 0.2) is 0 Å². The first-order valence-corrected chi connectivity index (χ1v) is 8.97. The highest BCUT2D eigenvalue weighted by molar-refractivity contribution is 5.85. The average Bonchev–Trinajstić information content (AvgIpc) is 2.64. The van der Waals surface area contributed by atoms with E-state index in [2.05, 4.69) is 47.4 Å². The maximum atomic E-state index is 10.4. The summed E-state index contributed by atoms with van der Waals surface area (Å²) in [5.74, 6) is 0.651. The summed E-state index contributed by atoms with van der Waals surface area (Å²) >= 11 is 0. The second-order valence-corrected chi connectivity index (χ2v) is 6.91. The molecule has 2 aromatic rings. The summed E-state index contributed by atoms with van der Waals surface area (Å²) in [6.07, 6.45) is 2.57. The van der Waals surface area contributed by atoms with Crippen molar-refractivity contribution < 1.29 is 5.11 Å². The van der Waals surface area contributed by atoms with Gasteiger partial charge in [0.05, 0.1) is 6.10 Å². The molecule has 26 heavy (non-hydrogen) atoms. The van der Waals surface area contributed by atoms with Gasteiger partial charge in [0, 0.05) is 12.6 Å². The minimum atomic E-state index is -0.474. The van der Waals surface area contributed by atoms with E-state index >= 15 is 0 Å². The Morgan fingerprint density at radius 2 is 1.46 bits per heavy atom. The van der Waals surface area contributed by atoms with Crippen LogP contribution >= 0.6 is 24.8 Å². The molecule has 1 fully saturated rings. The van der Waals surface area contributed by atoms with Crippen molar-refractivity contribution in [2.24, 2.45) is 5.73 Å². The highest BCUT2D eigenvalue weighted by Gasteiger charge is 2.24. The number of nitrogens with two attached hydrogens (primary N) is 1. The number of β-amino-alcohol motifs (C(OH)–C–C–N with tert-alkyl or cyclic N) is 1. The van der Waals surface area contributed by atoms with Gasteiger partial charge in [-0.2, -0.15) is 0 Å². The number of benzene rings is 2. The molecule has 0 amide bonds. The molecule has 0 aliphatic carbocycles. The fourth-order valence-corrected chi connectivity index (χ4v) is 3.60. The van der Waals surface area contributed by atoms with Gasteiger partial charge in [-0.15, -0.1) is 24.8 Å². The summed E-state index contributed by atoms with van der Waals surface area (Å²) in [7, 11) is 0. The molecule has 0 bridgehead atoms. The molecule has 0 aromatic heterocycles. The molecule has 1 saturated heterocycles. The van der Waals surface area contributed by atoms with Gasteiger partial charge in [0.1, 0.15) is 0 Å². The summed E-state index contributed by atoms with van der Waals surface area (Å²) in [6.45, 7) is 2.75. The van der Waals surface area contributed by atoms with E-state index in [1.54, 1.807) is 0 Å². The van der Waals surface area contributed by atoms with Gasteiger partial charge in [0.25, 0.3) is 0 Å². The minimum absolute atomic E-state index is 0. The third kappa shape index (κ3) is 6.57. The smallest absolute Gasteiger partial charge is 0.0820 e. The number of piperidine rings is 1. The normalized spacial score (nSPS) is 17.6. The molecule has 2 atom stereocenters. The molecule has 1 heterocycles. The molecule has 0 unspecified atom stereocenters. The van der Waals surface area contributed by atoms with Gasteiger partial charge in [0.2, 0.25) is 0 Å². The lowest BCUT2D eigenvalue weighted by atomic mass is 9.89. The standard InChI is InChI=1S/C21H28N2O.2ClH/c22-20(15-17-7-3-1-4-8-17)21(24)16-23-13-11-19(12-14-23)18-9-5-2-6-10-18;;/h1-10,19-21,24H,11-16,22H2;2*1H/t20-,21+;;/m1../s1.